The third-order valence-electron chi connectivity index (χ3n) is 4.20. The predicted octanol–water partition coefficient (Wildman–Crippen LogP) is 4.18. The van der Waals surface area contributed by atoms with Crippen LogP contribution in [0.15, 0.2) is 59.7 Å². The summed E-state index contributed by atoms with van der Waals surface area (Å²) in [5.41, 5.74) is 5.71. The van der Waals surface area contributed by atoms with Crippen molar-refractivity contribution < 1.29 is 9.47 Å². The zero-order chi connectivity index (χ0) is 17.9. The summed E-state index contributed by atoms with van der Waals surface area (Å²) in [7, 11) is 3.31. The van der Waals surface area contributed by atoms with E-state index in [0.29, 0.717) is 5.95 Å². The maximum atomic E-state index is 5.52. The summed E-state index contributed by atoms with van der Waals surface area (Å²) >= 11 is 0. The molecular formula is C20H18N4O2. The molecule has 4 rings (SSSR count). The molecule has 6 nitrogen and oxygen atoms in total. The fourth-order valence-corrected chi connectivity index (χ4v) is 3.00. The van der Waals surface area contributed by atoms with Crippen molar-refractivity contribution in [2.75, 3.05) is 19.6 Å². The Morgan fingerprint density at radius 3 is 2.62 bits per heavy atom. The van der Waals surface area contributed by atoms with Crippen molar-refractivity contribution in [2.45, 2.75) is 0 Å². The molecule has 0 spiro atoms. The summed E-state index contributed by atoms with van der Waals surface area (Å²) in [6.07, 6.45) is 1.75. The lowest BCUT2D eigenvalue weighted by molar-refractivity contribution is 0.415. The van der Waals surface area contributed by atoms with E-state index in [0.717, 1.165) is 38.9 Å². The van der Waals surface area contributed by atoms with Gasteiger partial charge in [0.2, 0.25) is 5.95 Å². The Balaban J connectivity index is 1.69. The fourth-order valence-electron chi connectivity index (χ4n) is 3.00. The Labute approximate surface area is 150 Å². The van der Waals surface area contributed by atoms with E-state index in [1.54, 1.807) is 20.4 Å². The molecular weight excluding hydrogens is 328 g/mol. The van der Waals surface area contributed by atoms with Gasteiger partial charge in [-0.3, -0.25) is 0 Å². The number of hydrogen-bond donors (Lipinski definition) is 2. The minimum atomic E-state index is 0.590. The summed E-state index contributed by atoms with van der Waals surface area (Å²) in [4.78, 5) is 7.62. The maximum Gasteiger partial charge on any atom is 0.222 e. The smallest absolute Gasteiger partial charge is 0.222 e. The van der Waals surface area contributed by atoms with Crippen molar-refractivity contribution in [1.29, 1.82) is 0 Å². The number of benzene rings is 3. The van der Waals surface area contributed by atoms with Gasteiger partial charge >= 0.3 is 0 Å². The Kier molecular flexibility index (Phi) is 4.15. The molecule has 0 aliphatic heterocycles. The highest BCUT2D eigenvalue weighted by Crippen LogP contribution is 2.34. The number of anilines is 1. The first-order valence-electron chi connectivity index (χ1n) is 8.17. The van der Waals surface area contributed by atoms with Crippen LogP contribution < -0.4 is 14.9 Å². The average molecular weight is 346 g/mol. The number of fused-ring (bicyclic) bond motifs is 2. The molecule has 130 valence electrons. The van der Waals surface area contributed by atoms with Crippen LogP contribution in [0, 0.1) is 0 Å². The number of nitrogens with zero attached hydrogens (tertiary/aromatic N) is 2. The number of aromatic amines is 1. The molecule has 6 heteroatoms. The van der Waals surface area contributed by atoms with Gasteiger partial charge in [-0.1, -0.05) is 24.3 Å². The third-order valence-corrected chi connectivity index (χ3v) is 4.20. The van der Waals surface area contributed by atoms with Gasteiger partial charge in [-0.15, -0.1) is 0 Å². The minimum Gasteiger partial charge on any atom is -0.496 e. The van der Waals surface area contributed by atoms with Gasteiger partial charge < -0.3 is 14.5 Å². The highest BCUT2D eigenvalue weighted by molar-refractivity contribution is 6.05. The first-order chi connectivity index (χ1) is 12.8. The normalized spacial score (nSPS) is 11.3. The molecule has 0 amide bonds. The lowest BCUT2D eigenvalue weighted by Crippen LogP contribution is -1.96. The summed E-state index contributed by atoms with van der Waals surface area (Å²) in [5, 5.41) is 6.24. The molecule has 0 atom stereocenters. The SMILES string of the molecule is COc1ccc(/C=N/Nc2nc3ccccc3[nH]2)c2c(OC)cccc12. The van der Waals surface area contributed by atoms with Gasteiger partial charge in [0.05, 0.1) is 31.5 Å². The summed E-state index contributed by atoms with van der Waals surface area (Å²) < 4.78 is 11.0. The van der Waals surface area contributed by atoms with Crippen LogP contribution >= 0.6 is 0 Å². The second-order valence-electron chi connectivity index (χ2n) is 5.71. The zero-order valence-electron chi connectivity index (χ0n) is 14.5. The monoisotopic (exact) mass is 346 g/mol. The fraction of sp³-hybridized carbons (Fsp3) is 0.100. The number of ether oxygens (including phenoxy) is 2. The molecule has 0 saturated heterocycles. The summed E-state index contributed by atoms with van der Waals surface area (Å²) in [5.74, 6) is 2.15. The first kappa shape index (κ1) is 16.0. The molecule has 1 heterocycles. The van der Waals surface area contributed by atoms with E-state index in [-0.39, 0.29) is 0 Å². The van der Waals surface area contributed by atoms with Crippen molar-refractivity contribution in [2.24, 2.45) is 5.10 Å². The van der Waals surface area contributed by atoms with Gasteiger partial charge in [-0.05, 0) is 30.3 Å². The molecule has 2 N–H and O–H groups in total. The van der Waals surface area contributed by atoms with Crippen molar-refractivity contribution in [3.63, 3.8) is 0 Å². The molecule has 1 aromatic heterocycles. The lowest BCUT2D eigenvalue weighted by atomic mass is 10.0. The molecule has 0 fully saturated rings. The minimum absolute atomic E-state index is 0.590. The average Bonchev–Trinajstić information content (AvgIpc) is 3.10. The Hall–Kier alpha value is -3.54. The molecule has 0 radical (unpaired) electrons. The van der Waals surface area contributed by atoms with E-state index >= 15 is 0 Å². The number of H-pyrrole nitrogens is 1. The molecule has 0 saturated carbocycles. The van der Waals surface area contributed by atoms with Crippen molar-refractivity contribution in [1.82, 2.24) is 9.97 Å². The second kappa shape index (κ2) is 6.76. The standard InChI is InChI=1S/C20H18N4O2/c1-25-17-11-10-13(19-14(17)6-5-9-18(19)26-2)12-21-24-20-22-15-7-3-4-8-16(15)23-20/h3-12H,1-2H3,(H2,22,23,24)/b21-12+. The van der Waals surface area contributed by atoms with E-state index in [2.05, 4.69) is 20.5 Å². The number of para-hydroxylation sites is 2. The van der Waals surface area contributed by atoms with Crippen LogP contribution in [0.1, 0.15) is 5.56 Å². The van der Waals surface area contributed by atoms with E-state index in [1.165, 1.54) is 0 Å². The molecule has 0 aliphatic rings. The van der Waals surface area contributed by atoms with E-state index < -0.39 is 0 Å². The number of aromatic nitrogens is 2. The number of imidazole rings is 1. The highest BCUT2D eigenvalue weighted by atomic mass is 16.5. The number of nitrogens with one attached hydrogen (secondary N) is 2. The van der Waals surface area contributed by atoms with Gasteiger partial charge in [0.1, 0.15) is 11.5 Å². The quantitative estimate of drug-likeness (QED) is 0.420. The van der Waals surface area contributed by atoms with Crippen LogP contribution in [-0.2, 0) is 0 Å². The third kappa shape index (κ3) is 2.82. The zero-order valence-corrected chi connectivity index (χ0v) is 14.5. The van der Waals surface area contributed by atoms with Crippen LogP contribution in [-0.4, -0.2) is 30.4 Å². The first-order valence-corrected chi connectivity index (χ1v) is 8.17. The maximum absolute atomic E-state index is 5.52. The van der Waals surface area contributed by atoms with Gasteiger partial charge in [-0.25, -0.2) is 10.4 Å². The predicted molar refractivity (Wildman–Crippen MR) is 104 cm³/mol. The molecule has 0 bridgehead atoms. The van der Waals surface area contributed by atoms with E-state index in [1.807, 2.05) is 54.6 Å². The Bertz CT molecular complexity index is 1070. The van der Waals surface area contributed by atoms with Gasteiger partial charge in [-0.2, -0.15) is 5.10 Å². The number of hydrazone groups is 1. The van der Waals surface area contributed by atoms with Gasteiger partial charge in [0.15, 0.2) is 0 Å². The Morgan fingerprint density at radius 1 is 0.962 bits per heavy atom. The lowest BCUT2D eigenvalue weighted by Gasteiger charge is -2.11. The molecule has 3 aromatic carbocycles. The van der Waals surface area contributed by atoms with Gasteiger partial charge in [0, 0.05) is 16.3 Å². The van der Waals surface area contributed by atoms with Crippen LogP contribution in [0.25, 0.3) is 21.8 Å². The van der Waals surface area contributed by atoms with Gasteiger partial charge in [0.25, 0.3) is 0 Å². The Morgan fingerprint density at radius 2 is 1.81 bits per heavy atom. The van der Waals surface area contributed by atoms with Crippen molar-refractivity contribution in [3.05, 3.63) is 60.2 Å². The summed E-state index contributed by atoms with van der Waals surface area (Å²) in [6.45, 7) is 0. The number of hydrogen-bond acceptors (Lipinski definition) is 5. The second-order valence-corrected chi connectivity index (χ2v) is 5.71. The van der Waals surface area contributed by atoms with Crippen molar-refractivity contribution in [3.8, 4) is 11.5 Å². The largest absolute Gasteiger partial charge is 0.496 e. The van der Waals surface area contributed by atoms with Crippen LogP contribution in [0.5, 0.6) is 11.5 Å². The molecule has 26 heavy (non-hydrogen) atoms. The highest BCUT2D eigenvalue weighted by Gasteiger charge is 2.10. The molecule has 4 aromatic rings. The summed E-state index contributed by atoms with van der Waals surface area (Å²) in [6, 6.07) is 17.6. The molecule has 0 unspecified atom stereocenters. The topological polar surface area (TPSA) is 71.5 Å². The number of rotatable bonds is 5. The van der Waals surface area contributed by atoms with Crippen molar-refractivity contribution >= 4 is 34.0 Å². The van der Waals surface area contributed by atoms with Crippen LogP contribution in [0.4, 0.5) is 5.95 Å². The van der Waals surface area contributed by atoms with E-state index in [4.69, 9.17) is 9.47 Å². The number of methoxy groups -OCH3 is 2. The van der Waals surface area contributed by atoms with Crippen LogP contribution in [0.2, 0.25) is 0 Å². The van der Waals surface area contributed by atoms with E-state index in [9.17, 15) is 0 Å². The van der Waals surface area contributed by atoms with Crippen LogP contribution in [0.3, 0.4) is 0 Å². The molecule has 0 aliphatic carbocycles.